The summed E-state index contributed by atoms with van der Waals surface area (Å²) < 4.78 is 31.7. The van der Waals surface area contributed by atoms with Crippen LogP contribution in [0.15, 0.2) is 38.2 Å². The van der Waals surface area contributed by atoms with Crippen LogP contribution in [-0.2, 0) is 10.0 Å². The SMILES string of the molecule is Cc1noc(NS(=O)(=O)c2cccc(Cl)c2)c1Br. The van der Waals surface area contributed by atoms with Crippen LogP contribution in [-0.4, -0.2) is 13.6 Å². The number of anilines is 1. The van der Waals surface area contributed by atoms with E-state index < -0.39 is 10.0 Å². The molecule has 0 saturated heterocycles. The quantitative estimate of drug-likeness (QED) is 0.921. The van der Waals surface area contributed by atoms with Gasteiger partial charge in [-0.05, 0) is 41.1 Å². The molecule has 0 bridgehead atoms. The number of halogens is 2. The van der Waals surface area contributed by atoms with E-state index in [9.17, 15) is 8.42 Å². The molecule has 0 amide bonds. The van der Waals surface area contributed by atoms with E-state index in [0.717, 1.165) is 0 Å². The molecule has 0 spiro atoms. The van der Waals surface area contributed by atoms with Crippen molar-refractivity contribution in [1.29, 1.82) is 0 Å². The lowest BCUT2D eigenvalue weighted by molar-refractivity contribution is 0.430. The molecular weight excluding hydrogens is 344 g/mol. The number of hydrogen-bond acceptors (Lipinski definition) is 4. The molecule has 0 saturated carbocycles. The fourth-order valence-electron chi connectivity index (χ4n) is 1.24. The third-order valence-electron chi connectivity index (χ3n) is 2.12. The molecule has 0 atom stereocenters. The van der Waals surface area contributed by atoms with Crippen molar-refractivity contribution in [2.75, 3.05) is 4.72 Å². The summed E-state index contributed by atoms with van der Waals surface area (Å²) in [5, 5.41) is 3.98. The average molecular weight is 352 g/mol. The Kier molecular flexibility index (Phi) is 3.65. The first-order valence-electron chi connectivity index (χ1n) is 4.80. The summed E-state index contributed by atoms with van der Waals surface area (Å²) in [5.41, 5.74) is 0.554. The van der Waals surface area contributed by atoms with Gasteiger partial charge in [0.2, 0.25) is 0 Å². The van der Waals surface area contributed by atoms with Crippen molar-refractivity contribution >= 4 is 43.4 Å². The van der Waals surface area contributed by atoms with Crippen molar-refractivity contribution in [1.82, 2.24) is 5.16 Å². The topological polar surface area (TPSA) is 72.2 Å². The van der Waals surface area contributed by atoms with Gasteiger partial charge in [0, 0.05) is 5.02 Å². The van der Waals surface area contributed by atoms with Gasteiger partial charge in [-0.2, -0.15) is 0 Å². The predicted molar refractivity (Wildman–Crippen MR) is 71.2 cm³/mol. The largest absolute Gasteiger partial charge is 0.336 e. The number of aromatic nitrogens is 1. The van der Waals surface area contributed by atoms with Crippen molar-refractivity contribution in [3.63, 3.8) is 0 Å². The van der Waals surface area contributed by atoms with Crippen LogP contribution in [0.3, 0.4) is 0 Å². The molecular formula is C10H8BrClN2O3S. The summed E-state index contributed by atoms with van der Waals surface area (Å²) in [6.07, 6.45) is 0. The molecule has 0 fully saturated rings. The Hall–Kier alpha value is -1.05. The second-order valence-electron chi connectivity index (χ2n) is 3.47. The van der Waals surface area contributed by atoms with Crippen molar-refractivity contribution in [2.24, 2.45) is 0 Å². The number of benzene rings is 1. The summed E-state index contributed by atoms with van der Waals surface area (Å²) >= 11 is 8.93. The van der Waals surface area contributed by atoms with Gasteiger partial charge in [-0.1, -0.05) is 22.8 Å². The Bertz CT molecular complexity index is 684. The van der Waals surface area contributed by atoms with E-state index in [0.29, 0.717) is 15.2 Å². The van der Waals surface area contributed by atoms with Crippen LogP contribution in [0.5, 0.6) is 0 Å². The number of nitrogens with one attached hydrogen (secondary N) is 1. The van der Waals surface area contributed by atoms with Gasteiger partial charge in [-0.25, -0.2) is 13.1 Å². The third-order valence-corrected chi connectivity index (χ3v) is 4.62. The second-order valence-corrected chi connectivity index (χ2v) is 6.39. The Labute approximate surface area is 117 Å². The first kappa shape index (κ1) is 13.4. The minimum absolute atomic E-state index is 0.0347. The molecule has 1 aromatic carbocycles. The molecule has 96 valence electrons. The molecule has 5 nitrogen and oxygen atoms in total. The maximum absolute atomic E-state index is 12.0. The molecule has 2 aromatic rings. The van der Waals surface area contributed by atoms with Crippen LogP contribution in [0.25, 0.3) is 0 Å². The standard InChI is InChI=1S/C10H8BrClN2O3S/c1-6-9(11)10(17-13-6)14-18(15,16)8-4-2-3-7(12)5-8/h2-5,14H,1H3. The summed E-state index contributed by atoms with van der Waals surface area (Å²) in [6.45, 7) is 1.69. The molecule has 1 heterocycles. The monoisotopic (exact) mass is 350 g/mol. The summed E-state index contributed by atoms with van der Waals surface area (Å²) in [7, 11) is -3.74. The summed E-state index contributed by atoms with van der Waals surface area (Å²) in [5.74, 6) is 0.0347. The number of nitrogens with zero attached hydrogens (tertiary/aromatic N) is 1. The maximum Gasteiger partial charge on any atom is 0.264 e. The lowest BCUT2D eigenvalue weighted by Crippen LogP contribution is -2.12. The highest BCUT2D eigenvalue weighted by Crippen LogP contribution is 2.28. The predicted octanol–water partition coefficient (Wildman–Crippen LogP) is 3.20. The third kappa shape index (κ3) is 2.68. The Balaban J connectivity index is 2.36. The van der Waals surface area contributed by atoms with Crippen LogP contribution in [0.1, 0.15) is 5.69 Å². The lowest BCUT2D eigenvalue weighted by Gasteiger charge is -2.05. The van der Waals surface area contributed by atoms with Gasteiger partial charge in [-0.3, -0.25) is 0 Å². The van der Waals surface area contributed by atoms with Gasteiger partial charge >= 0.3 is 0 Å². The highest BCUT2D eigenvalue weighted by atomic mass is 79.9. The van der Waals surface area contributed by atoms with Gasteiger partial charge in [-0.15, -0.1) is 0 Å². The van der Waals surface area contributed by atoms with E-state index in [2.05, 4.69) is 25.8 Å². The first-order chi connectivity index (χ1) is 8.40. The molecule has 2 rings (SSSR count). The molecule has 0 aliphatic carbocycles. The average Bonchev–Trinajstić information content (AvgIpc) is 2.61. The fourth-order valence-corrected chi connectivity index (χ4v) is 2.91. The molecule has 8 heteroatoms. The summed E-state index contributed by atoms with van der Waals surface area (Å²) in [6, 6.07) is 5.93. The number of rotatable bonds is 3. The van der Waals surface area contributed by atoms with Crippen molar-refractivity contribution in [2.45, 2.75) is 11.8 Å². The second kappa shape index (κ2) is 4.91. The highest BCUT2D eigenvalue weighted by molar-refractivity contribution is 9.10. The van der Waals surface area contributed by atoms with Gasteiger partial charge in [0.25, 0.3) is 15.9 Å². The van der Waals surface area contributed by atoms with Crippen LogP contribution < -0.4 is 4.72 Å². The van der Waals surface area contributed by atoms with Crippen molar-refractivity contribution in [3.8, 4) is 0 Å². The Morgan fingerprint density at radius 3 is 2.72 bits per heavy atom. The molecule has 1 N–H and O–H groups in total. The highest BCUT2D eigenvalue weighted by Gasteiger charge is 2.19. The Morgan fingerprint density at radius 2 is 2.17 bits per heavy atom. The van der Waals surface area contributed by atoms with Crippen LogP contribution in [0, 0.1) is 6.92 Å². The van der Waals surface area contributed by atoms with Crippen LogP contribution in [0.4, 0.5) is 5.88 Å². The zero-order chi connectivity index (χ0) is 13.3. The van der Waals surface area contributed by atoms with Crippen LogP contribution in [0.2, 0.25) is 5.02 Å². The first-order valence-corrected chi connectivity index (χ1v) is 7.46. The minimum Gasteiger partial charge on any atom is -0.336 e. The zero-order valence-electron chi connectivity index (χ0n) is 9.15. The van der Waals surface area contributed by atoms with Gasteiger partial charge < -0.3 is 4.52 Å². The normalized spacial score (nSPS) is 11.5. The van der Waals surface area contributed by atoms with E-state index in [1.807, 2.05) is 0 Å². The molecule has 0 aliphatic rings. The van der Waals surface area contributed by atoms with Gasteiger partial charge in [0.05, 0.1) is 10.6 Å². The molecule has 0 unspecified atom stereocenters. The van der Waals surface area contributed by atoms with E-state index >= 15 is 0 Å². The molecule has 18 heavy (non-hydrogen) atoms. The van der Waals surface area contributed by atoms with Crippen molar-refractivity contribution < 1.29 is 12.9 Å². The van der Waals surface area contributed by atoms with E-state index in [1.165, 1.54) is 12.1 Å². The van der Waals surface area contributed by atoms with Crippen LogP contribution >= 0.6 is 27.5 Å². The summed E-state index contributed by atoms with van der Waals surface area (Å²) in [4.78, 5) is 0.0518. The number of hydrogen-bond donors (Lipinski definition) is 1. The van der Waals surface area contributed by atoms with E-state index in [1.54, 1.807) is 19.1 Å². The molecule has 1 aromatic heterocycles. The minimum atomic E-state index is -3.74. The smallest absolute Gasteiger partial charge is 0.264 e. The number of sulfonamides is 1. The number of aryl methyl sites for hydroxylation is 1. The van der Waals surface area contributed by atoms with Crippen molar-refractivity contribution in [3.05, 3.63) is 39.5 Å². The maximum atomic E-state index is 12.0. The fraction of sp³-hybridized carbons (Fsp3) is 0.100. The van der Waals surface area contributed by atoms with Gasteiger partial charge in [0.15, 0.2) is 0 Å². The molecule has 0 radical (unpaired) electrons. The van der Waals surface area contributed by atoms with E-state index in [4.69, 9.17) is 16.1 Å². The molecule has 0 aliphatic heterocycles. The van der Waals surface area contributed by atoms with E-state index in [-0.39, 0.29) is 10.8 Å². The zero-order valence-corrected chi connectivity index (χ0v) is 12.3. The Morgan fingerprint density at radius 1 is 1.44 bits per heavy atom. The lowest BCUT2D eigenvalue weighted by atomic mass is 10.4. The van der Waals surface area contributed by atoms with Gasteiger partial charge in [0.1, 0.15) is 4.47 Å².